The van der Waals surface area contributed by atoms with E-state index in [1.54, 1.807) is 18.2 Å². The largest absolute Gasteiger partial charge is 0.493 e. The van der Waals surface area contributed by atoms with Crippen LogP contribution in [0.5, 0.6) is 17.2 Å². The van der Waals surface area contributed by atoms with Gasteiger partial charge in [0.15, 0.2) is 11.5 Å². The van der Waals surface area contributed by atoms with Gasteiger partial charge in [0.2, 0.25) is 11.7 Å². The normalized spacial score (nSPS) is 14.6. The Kier molecular flexibility index (Phi) is 7.77. The average Bonchev–Trinajstić information content (AvgIpc) is 3.06. The lowest BCUT2D eigenvalue weighted by molar-refractivity contribution is -0.124. The fourth-order valence-corrected chi connectivity index (χ4v) is 4.04. The predicted octanol–water partition coefficient (Wildman–Crippen LogP) is 3.11. The molecule has 0 atom stereocenters. The number of thioether (sulfide) groups is 1. The topological polar surface area (TPSA) is 94.2 Å². The molecular weight excluding hydrogens is 432 g/mol. The molecule has 0 unspecified atom stereocenters. The Labute approximate surface area is 190 Å². The van der Waals surface area contributed by atoms with E-state index in [1.807, 2.05) is 30.3 Å². The maximum atomic E-state index is 12.7. The molecule has 0 spiro atoms. The van der Waals surface area contributed by atoms with Crippen LogP contribution in [0.1, 0.15) is 11.1 Å². The molecule has 3 rings (SSSR count). The zero-order valence-electron chi connectivity index (χ0n) is 18.0. The lowest BCUT2D eigenvalue weighted by atomic mass is 10.1. The van der Waals surface area contributed by atoms with Gasteiger partial charge in [0.1, 0.15) is 0 Å². The summed E-state index contributed by atoms with van der Waals surface area (Å²) < 4.78 is 16.0. The molecule has 1 saturated heterocycles. The van der Waals surface area contributed by atoms with E-state index in [1.165, 1.54) is 21.3 Å². The fraction of sp³-hybridized carbons (Fsp3) is 0.261. The lowest BCUT2D eigenvalue weighted by Crippen LogP contribution is -2.37. The first-order chi connectivity index (χ1) is 15.5. The van der Waals surface area contributed by atoms with Crippen molar-refractivity contribution < 1.29 is 28.6 Å². The number of methoxy groups -OCH3 is 3. The van der Waals surface area contributed by atoms with Gasteiger partial charge in [-0.05, 0) is 41.1 Å². The minimum absolute atomic E-state index is 0.0950. The molecule has 3 amide bonds. The molecule has 0 aliphatic carbocycles. The van der Waals surface area contributed by atoms with Gasteiger partial charge in [0, 0.05) is 13.1 Å². The summed E-state index contributed by atoms with van der Waals surface area (Å²) >= 11 is 0.848. The molecule has 2 aromatic rings. The summed E-state index contributed by atoms with van der Waals surface area (Å²) in [4.78, 5) is 38.6. The predicted molar refractivity (Wildman–Crippen MR) is 122 cm³/mol. The molecule has 2 aromatic carbocycles. The number of nitrogens with one attached hydrogen (secondary N) is 1. The maximum Gasteiger partial charge on any atom is 0.293 e. The standard InChI is InChI=1S/C23H24N2O6S/c1-29-17-11-16(12-18(30-2)21(17)31-3)13-19-22(27)25(23(28)32-19)10-9-24-20(26)14-15-7-5-4-6-8-15/h4-8,11-13H,9-10,14H2,1-3H3,(H,24,26)/b19-13+. The van der Waals surface area contributed by atoms with Crippen LogP contribution in [0.3, 0.4) is 0 Å². The third kappa shape index (κ3) is 5.42. The number of imide groups is 1. The summed E-state index contributed by atoms with van der Waals surface area (Å²) in [5, 5.41) is 2.36. The molecule has 1 aliphatic heterocycles. The van der Waals surface area contributed by atoms with E-state index in [2.05, 4.69) is 5.32 Å². The van der Waals surface area contributed by atoms with Crippen LogP contribution in [0.15, 0.2) is 47.4 Å². The van der Waals surface area contributed by atoms with Gasteiger partial charge >= 0.3 is 0 Å². The van der Waals surface area contributed by atoms with Crippen LogP contribution >= 0.6 is 11.8 Å². The van der Waals surface area contributed by atoms with Crippen LogP contribution in [0.4, 0.5) is 4.79 Å². The van der Waals surface area contributed by atoms with E-state index in [4.69, 9.17) is 14.2 Å². The number of ether oxygens (including phenoxy) is 3. The Hall–Kier alpha value is -3.46. The zero-order chi connectivity index (χ0) is 23.1. The van der Waals surface area contributed by atoms with Crippen molar-refractivity contribution in [2.75, 3.05) is 34.4 Å². The molecule has 1 N–H and O–H groups in total. The summed E-state index contributed by atoms with van der Waals surface area (Å²) in [6.45, 7) is 0.277. The van der Waals surface area contributed by atoms with E-state index < -0.39 is 5.91 Å². The third-order valence-electron chi connectivity index (χ3n) is 4.72. The molecule has 0 bridgehead atoms. The smallest absolute Gasteiger partial charge is 0.293 e. The van der Waals surface area contributed by atoms with E-state index in [9.17, 15) is 14.4 Å². The van der Waals surface area contributed by atoms with Gasteiger partial charge < -0.3 is 19.5 Å². The van der Waals surface area contributed by atoms with Crippen LogP contribution in [-0.4, -0.2) is 56.4 Å². The fourth-order valence-electron chi connectivity index (χ4n) is 3.18. The summed E-state index contributed by atoms with van der Waals surface area (Å²) in [5.74, 6) is 0.741. The molecule has 168 valence electrons. The highest BCUT2D eigenvalue weighted by molar-refractivity contribution is 8.18. The Balaban J connectivity index is 1.64. The first-order valence-corrected chi connectivity index (χ1v) is 10.6. The van der Waals surface area contributed by atoms with Crippen LogP contribution < -0.4 is 19.5 Å². The number of amides is 3. The van der Waals surface area contributed by atoms with Crippen LogP contribution in [0.25, 0.3) is 6.08 Å². The van der Waals surface area contributed by atoms with Gasteiger partial charge in [0.25, 0.3) is 11.1 Å². The highest BCUT2D eigenvalue weighted by Crippen LogP contribution is 2.40. The SMILES string of the molecule is COc1cc(/C=C2/SC(=O)N(CCNC(=O)Cc3ccccc3)C2=O)cc(OC)c1OC. The number of benzene rings is 2. The highest BCUT2D eigenvalue weighted by Gasteiger charge is 2.34. The average molecular weight is 457 g/mol. The number of hydrogen-bond acceptors (Lipinski definition) is 7. The lowest BCUT2D eigenvalue weighted by Gasteiger charge is -2.13. The van der Waals surface area contributed by atoms with Gasteiger partial charge in [-0.2, -0.15) is 0 Å². The number of rotatable bonds is 9. The summed E-state index contributed by atoms with van der Waals surface area (Å²) in [7, 11) is 4.51. The van der Waals surface area contributed by atoms with Crippen molar-refractivity contribution in [3.63, 3.8) is 0 Å². The number of carbonyl (C=O) groups is 3. The second-order valence-corrected chi connectivity index (χ2v) is 7.80. The van der Waals surface area contributed by atoms with E-state index in [0.29, 0.717) is 22.8 Å². The van der Waals surface area contributed by atoms with Crippen molar-refractivity contribution in [1.82, 2.24) is 10.2 Å². The Morgan fingerprint density at radius 2 is 1.69 bits per heavy atom. The van der Waals surface area contributed by atoms with Crippen LogP contribution in [0.2, 0.25) is 0 Å². The number of hydrogen-bond donors (Lipinski definition) is 1. The molecule has 0 saturated carbocycles. The quantitative estimate of drug-likeness (QED) is 0.580. The molecule has 8 nitrogen and oxygen atoms in total. The number of carbonyl (C=O) groups excluding carboxylic acids is 3. The Morgan fingerprint density at radius 1 is 1.03 bits per heavy atom. The first kappa shape index (κ1) is 23.2. The van der Waals surface area contributed by atoms with Crippen molar-refractivity contribution in [2.45, 2.75) is 6.42 Å². The van der Waals surface area contributed by atoms with Crippen LogP contribution in [0, 0.1) is 0 Å². The van der Waals surface area contributed by atoms with Gasteiger partial charge in [-0.1, -0.05) is 30.3 Å². The molecule has 1 aliphatic rings. The minimum Gasteiger partial charge on any atom is -0.493 e. The van der Waals surface area contributed by atoms with E-state index >= 15 is 0 Å². The molecule has 32 heavy (non-hydrogen) atoms. The van der Waals surface area contributed by atoms with Crippen molar-refractivity contribution in [2.24, 2.45) is 0 Å². The second-order valence-electron chi connectivity index (χ2n) is 6.80. The van der Waals surface area contributed by atoms with Crippen molar-refractivity contribution in [3.8, 4) is 17.2 Å². The summed E-state index contributed by atoms with van der Waals surface area (Å²) in [6, 6.07) is 12.7. The van der Waals surface area contributed by atoms with Crippen molar-refractivity contribution in [3.05, 3.63) is 58.5 Å². The molecule has 1 heterocycles. The summed E-state index contributed by atoms with van der Waals surface area (Å²) in [6.07, 6.45) is 1.84. The zero-order valence-corrected chi connectivity index (χ0v) is 18.9. The van der Waals surface area contributed by atoms with Crippen LogP contribution in [-0.2, 0) is 16.0 Å². The molecule has 1 fully saturated rings. The van der Waals surface area contributed by atoms with E-state index in [-0.39, 0.29) is 35.6 Å². The molecule has 0 aromatic heterocycles. The molecule has 0 radical (unpaired) electrons. The summed E-state index contributed by atoms with van der Waals surface area (Å²) in [5.41, 5.74) is 1.52. The minimum atomic E-state index is -0.411. The number of nitrogens with zero attached hydrogens (tertiary/aromatic N) is 1. The van der Waals surface area contributed by atoms with Crippen molar-refractivity contribution in [1.29, 1.82) is 0 Å². The van der Waals surface area contributed by atoms with Gasteiger partial charge in [-0.15, -0.1) is 0 Å². The first-order valence-electron chi connectivity index (χ1n) is 9.82. The van der Waals surface area contributed by atoms with Gasteiger partial charge in [-0.25, -0.2) is 0 Å². The molecule has 9 heteroatoms. The highest BCUT2D eigenvalue weighted by atomic mass is 32.2. The van der Waals surface area contributed by atoms with E-state index in [0.717, 1.165) is 22.2 Å². The van der Waals surface area contributed by atoms with Gasteiger partial charge in [0.05, 0.1) is 32.7 Å². The Morgan fingerprint density at radius 3 is 2.28 bits per heavy atom. The molecular formula is C23H24N2O6S. The van der Waals surface area contributed by atoms with Gasteiger partial charge in [-0.3, -0.25) is 19.3 Å². The second kappa shape index (κ2) is 10.7. The monoisotopic (exact) mass is 456 g/mol. The third-order valence-corrected chi connectivity index (χ3v) is 5.63. The Bertz CT molecular complexity index is 1010. The maximum absolute atomic E-state index is 12.7. The van der Waals surface area contributed by atoms with Crippen molar-refractivity contribution >= 4 is 34.9 Å².